The van der Waals surface area contributed by atoms with Gasteiger partial charge in [-0.1, -0.05) is 30.3 Å². The fraction of sp³-hybridized carbons (Fsp3) is 0.370. The average molecular weight is 464 g/mol. The number of rotatable bonds is 4. The summed E-state index contributed by atoms with van der Waals surface area (Å²) in [6.45, 7) is 7.67. The second-order valence-corrected chi connectivity index (χ2v) is 9.57. The van der Waals surface area contributed by atoms with Crippen LogP contribution < -0.4 is 10.4 Å². The van der Waals surface area contributed by atoms with Gasteiger partial charge in [0.15, 0.2) is 0 Å². The van der Waals surface area contributed by atoms with E-state index in [1.165, 1.54) is 4.90 Å². The van der Waals surface area contributed by atoms with E-state index in [9.17, 15) is 14.4 Å². The quantitative estimate of drug-likeness (QED) is 0.308. The van der Waals surface area contributed by atoms with Crippen LogP contribution in [0.15, 0.2) is 57.7 Å². The van der Waals surface area contributed by atoms with E-state index in [0.29, 0.717) is 37.0 Å². The Hall–Kier alpha value is -3.61. The van der Waals surface area contributed by atoms with Gasteiger partial charge in [-0.15, -0.1) is 0 Å². The van der Waals surface area contributed by atoms with Gasteiger partial charge < -0.3 is 13.9 Å². The molecule has 7 heteroatoms. The van der Waals surface area contributed by atoms with Crippen molar-refractivity contribution in [3.8, 4) is 5.75 Å². The minimum Gasteiger partial charge on any atom is -0.444 e. The van der Waals surface area contributed by atoms with E-state index in [1.807, 2.05) is 37.3 Å². The van der Waals surface area contributed by atoms with Gasteiger partial charge in [-0.2, -0.15) is 0 Å². The van der Waals surface area contributed by atoms with Gasteiger partial charge in [0, 0.05) is 30.0 Å². The molecule has 3 aromatic rings. The molecule has 1 fully saturated rings. The Balaban J connectivity index is 1.54. The van der Waals surface area contributed by atoms with Crippen LogP contribution >= 0.6 is 0 Å². The molecular formula is C27H29NO6. The third-order valence-corrected chi connectivity index (χ3v) is 5.85. The zero-order chi connectivity index (χ0) is 24.5. The van der Waals surface area contributed by atoms with Crippen LogP contribution in [0, 0.1) is 6.92 Å². The van der Waals surface area contributed by atoms with Crippen molar-refractivity contribution in [3.63, 3.8) is 0 Å². The third-order valence-electron chi connectivity index (χ3n) is 5.85. The lowest BCUT2D eigenvalue weighted by molar-refractivity contribution is -0.139. The van der Waals surface area contributed by atoms with Crippen molar-refractivity contribution in [2.24, 2.45) is 0 Å². The largest absolute Gasteiger partial charge is 0.444 e. The molecule has 1 aliphatic rings. The van der Waals surface area contributed by atoms with E-state index in [0.717, 1.165) is 16.5 Å². The molecule has 2 aromatic carbocycles. The molecule has 1 saturated heterocycles. The summed E-state index contributed by atoms with van der Waals surface area (Å²) in [5.74, 6) is -0.283. The number of aryl methyl sites for hydroxylation is 1. The number of benzene rings is 2. The Labute approximate surface area is 198 Å². The number of likely N-dealkylation sites (tertiary alicyclic amines) is 1. The van der Waals surface area contributed by atoms with E-state index in [1.54, 1.807) is 39.0 Å². The first kappa shape index (κ1) is 23.5. The van der Waals surface area contributed by atoms with E-state index in [-0.39, 0.29) is 5.75 Å². The van der Waals surface area contributed by atoms with Gasteiger partial charge >= 0.3 is 17.7 Å². The molecule has 0 unspecified atom stereocenters. The van der Waals surface area contributed by atoms with Crippen molar-refractivity contribution >= 4 is 23.0 Å². The average Bonchev–Trinajstić information content (AvgIpc) is 3.26. The molecular weight excluding hydrogens is 434 g/mol. The Morgan fingerprint density at radius 2 is 1.85 bits per heavy atom. The SMILES string of the molecule is Cc1c(Cc2ccccc2)c(=O)oc2cc(OC(=O)[C@@H]3CCCN3C(=O)OC(C)(C)C)ccc12. The highest BCUT2D eigenvalue weighted by Crippen LogP contribution is 2.27. The molecule has 7 nitrogen and oxygen atoms in total. The second kappa shape index (κ2) is 9.33. The van der Waals surface area contributed by atoms with Crippen molar-refractivity contribution in [1.82, 2.24) is 4.90 Å². The van der Waals surface area contributed by atoms with Gasteiger partial charge in [-0.05, 0) is 63.8 Å². The fourth-order valence-corrected chi connectivity index (χ4v) is 4.18. The first-order valence-corrected chi connectivity index (χ1v) is 11.4. The fourth-order valence-electron chi connectivity index (χ4n) is 4.18. The smallest absolute Gasteiger partial charge is 0.411 e. The summed E-state index contributed by atoms with van der Waals surface area (Å²) in [4.78, 5) is 39.5. The van der Waals surface area contributed by atoms with Crippen LogP contribution in [0.5, 0.6) is 5.75 Å². The van der Waals surface area contributed by atoms with Crippen molar-refractivity contribution in [1.29, 1.82) is 0 Å². The Bertz CT molecular complexity index is 1270. The van der Waals surface area contributed by atoms with Crippen molar-refractivity contribution in [3.05, 3.63) is 75.6 Å². The molecule has 1 atom stereocenters. The highest BCUT2D eigenvalue weighted by molar-refractivity contribution is 5.86. The monoisotopic (exact) mass is 463 g/mol. The number of hydrogen-bond acceptors (Lipinski definition) is 6. The van der Waals surface area contributed by atoms with E-state index in [2.05, 4.69) is 0 Å². The molecule has 0 spiro atoms. The number of amides is 1. The van der Waals surface area contributed by atoms with Crippen molar-refractivity contribution in [2.75, 3.05) is 6.54 Å². The van der Waals surface area contributed by atoms with Crippen molar-refractivity contribution < 1.29 is 23.5 Å². The molecule has 0 saturated carbocycles. The van der Waals surface area contributed by atoms with Gasteiger partial charge in [-0.25, -0.2) is 14.4 Å². The molecule has 1 aliphatic heterocycles. The minimum absolute atomic E-state index is 0.256. The summed E-state index contributed by atoms with van der Waals surface area (Å²) >= 11 is 0. The minimum atomic E-state index is -0.715. The normalized spacial score (nSPS) is 16.0. The summed E-state index contributed by atoms with van der Waals surface area (Å²) in [5, 5.41) is 0.779. The van der Waals surface area contributed by atoms with Crippen molar-refractivity contribution in [2.45, 2.75) is 58.6 Å². The standard InChI is InChI=1S/C27H29NO6/c1-17-20-13-12-19(16-23(20)33-24(29)21(17)15-18-9-6-5-7-10-18)32-25(30)22-11-8-14-28(22)26(31)34-27(2,3)4/h5-7,9-10,12-13,16,22H,8,11,14-15H2,1-4H3/t22-/m0/s1. The highest BCUT2D eigenvalue weighted by atomic mass is 16.6. The molecule has 178 valence electrons. The maximum atomic E-state index is 12.9. The molecule has 0 aliphatic carbocycles. The molecule has 4 rings (SSSR count). The number of esters is 1. The van der Waals surface area contributed by atoms with Crippen LogP contribution in [0.2, 0.25) is 0 Å². The second-order valence-electron chi connectivity index (χ2n) is 9.57. The number of carbonyl (C=O) groups excluding carboxylic acids is 2. The van der Waals surface area contributed by atoms with Gasteiger partial charge in [0.1, 0.15) is 23.0 Å². The summed E-state index contributed by atoms with van der Waals surface area (Å²) in [5.41, 5.74) is 1.74. The Morgan fingerprint density at radius 3 is 2.56 bits per heavy atom. The summed E-state index contributed by atoms with van der Waals surface area (Å²) in [6.07, 6.45) is 1.14. The predicted octanol–water partition coefficient (Wildman–Crippen LogP) is 5.00. The van der Waals surface area contributed by atoms with Crippen LogP contribution in [0.1, 0.15) is 50.3 Å². The first-order valence-electron chi connectivity index (χ1n) is 11.4. The lowest BCUT2D eigenvalue weighted by Gasteiger charge is -2.27. The Morgan fingerprint density at radius 1 is 1.12 bits per heavy atom. The molecule has 0 bridgehead atoms. The summed E-state index contributed by atoms with van der Waals surface area (Å²) < 4.78 is 16.6. The predicted molar refractivity (Wildman–Crippen MR) is 128 cm³/mol. The lowest BCUT2D eigenvalue weighted by atomic mass is 10.00. The van der Waals surface area contributed by atoms with Crippen LogP contribution in [-0.2, 0) is 16.0 Å². The molecule has 0 N–H and O–H groups in total. The van der Waals surface area contributed by atoms with E-state index >= 15 is 0 Å². The maximum absolute atomic E-state index is 12.9. The number of nitrogens with zero attached hydrogens (tertiary/aromatic N) is 1. The highest BCUT2D eigenvalue weighted by Gasteiger charge is 2.38. The first-order chi connectivity index (χ1) is 16.1. The van der Waals surface area contributed by atoms with Crippen LogP contribution in [0.3, 0.4) is 0 Å². The van der Waals surface area contributed by atoms with Gasteiger partial charge in [-0.3, -0.25) is 4.90 Å². The van der Waals surface area contributed by atoms with Crippen LogP contribution in [-0.4, -0.2) is 35.2 Å². The summed E-state index contributed by atoms with van der Waals surface area (Å²) in [7, 11) is 0. The topological polar surface area (TPSA) is 86.0 Å². The lowest BCUT2D eigenvalue weighted by Crippen LogP contribution is -2.44. The summed E-state index contributed by atoms with van der Waals surface area (Å²) in [6, 6.07) is 14.0. The number of hydrogen-bond donors (Lipinski definition) is 0. The molecule has 2 heterocycles. The third kappa shape index (κ3) is 5.14. The molecule has 34 heavy (non-hydrogen) atoms. The maximum Gasteiger partial charge on any atom is 0.411 e. The number of carbonyl (C=O) groups is 2. The van der Waals surface area contributed by atoms with E-state index < -0.39 is 29.3 Å². The zero-order valence-electron chi connectivity index (χ0n) is 19.9. The molecule has 0 radical (unpaired) electrons. The van der Waals surface area contributed by atoms with Gasteiger partial charge in [0.05, 0.1) is 0 Å². The zero-order valence-corrected chi connectivity index (χ0v) is 19.9. The van der Waals surface area contributed by atoms with Crippen LogP contribution in [0.25, 0.3) is 11.0 Å². The molecule has 1 amide bonds. The van der Waals surface area contributed by atoms with Crippen LogP contribution in [0.4, 0.5) is 4.79 Å². The molecule has 1 aromatic heterocycles. The number of ether oxygens (including phenoxy) is 2. The van der Waals surface area contributed by atoms with E-state index in [4.69, 9.17) is 13.9 Å². The van der Waals surface area contributed by atoms with Gasteiger partial charge in [0.25, 0.3) is 0 Å². The Kier molecular flexibility index (Phi) is 6.46. The number of fused-ring (bicyclic) bond motifs is 1. The van der Waals surface area contributed by atoms with Gasteiger partial charge in [0.2, 0.25) is 0 Å².